The summed E-state index contributed by atoms with van der Waals surface area (Å²) in [6.07, 6.45) is -0.818. The molecule has 0 heterocycles. The van der Waals surface area contributed by atoms with Crippen molar-refractivity contribution in [1.82, 2.24) is 0 Å². The van der Waals surface area contributed by atoms with Gasteiger partial charge in [-0.15, -0.1) is 11.6 Å². The molecule has 14 heavy (non-hydrogen) atoms. The van der Waals surface area contributed by atoms with Crippen molar-refractivity contribution >= 4 is 17.6 Å². The summed E-state index contributed by atoms with van der Waals surface area (Å²) in [5, 5.41) is 9.23. The molecule has 0 bridgehead atoms. The number of hydrogen-bond donors (Lipinski definition) is 1. The van der Waals surface area contributed by atoms with E-state index in [4.69, 9.17) is 21.1 Å². The highest BCUT2D eigenvalue weighted by Crippen LogP contribution is 1.95. The lowest BCUT2D eigenvalue weighted by Crippen LogP contribution is -2.24. The first-order valence-electron chi connectivity index (χ1n) is 4.22. The number of hydrogen-bond acceptors (Lipinski definition) is 4. The van der Waals surface area contributed by atoms with Crippen LogP contribution in [0.15, 0.2) is 12.2 Å². The Morgan fingerprint density at radius 3 is 2.71 bits per heavy atom. The molecule has 1 unspecified atom stereocenters. The van der Waals surface area contributed by atoms with Crippen LogP contribution in [-0.2, 0) is 14.3 Å². The quantitative estimate of drug-likeness (QED) is 0.299. The second kappa shape index (κ2) is 7.79. The van der Waals surface area contributed by atoms with Crippen molar-refractivity contribution in [2.45, 2.75) is 13.0 Å². The highest BCUT2D eigenvalue weighted by molar-refractivity contribution is 6.17. The third-order valence-electron chi connectivity index (χ3n) is 1.29. The normalized spacial score (nSPS) is 12.2. The van der Waals surface area contributed by atoms with Crippen molar-refractivity contribution < 1.29 is 19.4 Å². The van der Waals surface area contributed by atoms with Gasteiger partial charge in [-0.25, -0.2) is 4.79 Å². The molecule has 0 aliphatic carbocycles. The standard InChI is InChI=1S/C9H15ClO4/c1-7(2)9(12)14-6-8(11)5-13-4-3-10/h8,11H,1,3-6H2,2H3. The van der Waals surface area contributed by atoms with Crippen LogP contribution in [0.3, 0.4) is 0 Å². The summed E-state index contributed by atoms with van der Waals surface area (Å²) in [5.41, 5.74) is 0.305. The average Bonchev–Trinajstić information content (AvgIpc) is 2.14. The third-order valence-corrected chi connectivity index (χ3v) is 1.44. The van der Waals surface area contributed by atoms with E-state index < -0.39 is 12.1 Å². The van der Waals surface area contributed by atoms with Crippen LogP contribution in [-0.4, -0.2) is 42.9 Å². The van der Waals surface area contributed by atoms with Crippen LogP contribution >= 0.6 is 11.6 Å². The van der Waals surface area contributed by atoms with Crippen LogP contribution in [0.25, 0.3) is 0 Å². The number of rotatable bonds is 7. The zero-order chi connectivity index (χ0) is 11.0. The van der Waals surface area contributed by atoms with Gasteiger partial charge in [0, 0.05) is 11.5 Å². The zero-order valence-corrected chi connectivity index (χ0v) is 8.92. The monoisotopic (exact) mass is 222 g/mol. The van der Waals surface area contributed by atoms with Crippen LogP contribution in [0.2, 0.25) is 0 Å². The lowest BCUT2D eigenvalue weighted by molar-refractivity contribution is -0.143. The summed E-state index contributed by atoms with van der Waals surface area (Å²) in [4.78, 5) is 10.9. The van der Waals surface area contributed by atoms with Gasteiger partial charge in [0.2, 0.25) is 0 Å². The number of esters is 1. The van der Waals surface area contributed by atoms with Gasteiger partial charge >= 0.3 is 5.97 Å². The SMILES string of the molecule is C=C(C)C(=O)OCC(O)COCCCl. The third kappa shape index (κ3) is 6.88. The summed E-state index contributed by atoms with van der Waals surface area (Å²) in [5.74, 6) is -0.139. The van der Waals surface area contributed by atoms with Crippen molar-refractivity contribution in [1.29, 1.82) is 0 Å². The second-order valence-electron chi connectivity index (χ2n) is 2.80. The minimum absolute atomic E-state index is 0.0893. The average molecular weight is 223 g/mol. The fraction of sp³-hybridized carbons (Fsp3) is 0.667. The van der Waals surface area contributed by atoms with Crippen LogP contribution < -0.4 is 0 Å². The molecular formula is C9H15ClO4. The highest BCUT2D eigenvalue weighted by Gasteiger charge is 2.08. The minimum atomic E-state index is -0.818. The van der Waals surface area contributed by atoms with Crippen LogP contribution in [0.1, 0.15) is 6.92 Å². The molecule has 0 saturated heterocycles. The number of carbonyl (C=O) groups is 1. The lowest BCUT2D eigenvalue weighted by Gasteiger charge is -2.11. The van der Waals surface area contributed by atoms with E-state index in [1.165, 1.54) is 0 Å². The predicted octanol–water partition coefficient (Wildman–Crippen LogP) is 0.722. The number of aliphatic hydroxyl groups excluding tert-OH is 1. The molecule has 4 nitrogen and oxygen atoms in total. The molecule has 0 aliphatic heterocycles. The first kappa shape index (κ1) is 13.4. The Morgan fingerprint density at radius 2 is 2.21 bits per heavy atom. The largest absolute Gasteiger partial charge is 0.460 e. The fourth-order valence-electron chi connectivity index (χ4n) is 0.617. The molecule has 0 fully saturated rings. The Bertz CT molecular complexity index is 193. The first-order valence-corrected chi connectivity index (χ1v) is 4.75. The van der Waals surface area contributed by atoms with Gasteiger partial charge in [-0.2, -0.15) is 0 Å². The van der Waals surface area contributed by atoms with Gasteiger partial charge in [0.25, 0.3) is 0 Å². The van der Waals surface area contributed by atoms with E-state index in [2.05, 4.69) is 6.58 Å². The van der Waals surface area contributed by atoms with Crippen molar-refractivity contribution in [2.24, 2.45) is 0 Å². The number of carbonyl (C=O) groups excluding carboxylic acids is 1. The molecule has 0 aromatic rings. The Morgan fingerprint density at radius 1 is 1.57 bits per heavy atom. The van der Waals surface area contributed by atoms with Gasteiger partial charge in [-0.05, 0) is 6.92 Å². The Labute approximate surface area is 88.5 Å². The molecule has 0 aromatic carbocycles. The molecule has 0 aliphatic rings. The predicted molar refractivity (Wildman–Crippen MR) is 53.3 cm³/mol. The number of ether oxygens (including phenoxy) is 2. The lowest BCUT2D eigenvalue weighted by atomic mass is 10.3. The molecule has 0 radical (unpaired) electrons. The van der Waals surface area contributed by atoms with Crippen molar-refractivity contribution in [3.05, 3.63) is 12.2 Å². The van der Waals surface area contributed by atoms with E-state index in [1.807, 2.05) is 0 Å². The van der Waals surface area contributed by atoms with Gasteiger partial charge in [0.05, 0.1) is 13.2 Å². The maximum atomic E-state index is 10.9. The topological polar surface area (TPSA) is 55.8 Å². The molecule has 1 atom stereocenters. The molecule has 0 aromatic heterocycles. The summed E-state index contributed by atoms with van der Waals surface area (Å²) >= 11 is 5.35. The molecule has 5 heteroatoms. The van der Waals surface area contributed by atoms with E-state index >= 15 is 0 Å². The summed E-state index contributed by atoms with van der Waals surface area (Å²) < 4.78 is 9.64. The van der Waals surface area contributed by atoms with Crippen molar-refractivity contribution in [3.8, 4) is 0 Å². The Kier molecular flexibility index (Phi) is 7.47. The van der Waals surface area contributed by atoms with Crippen molar-refractivity contribution in [2.75, 3.05) is 25.7 Å². The molecule has 82 valence electrons. The molecular weight excluding hydrogens is 208 g/mol. The minimum Gasteiger partial charge on any atom is -0.460 e. The number of alkyl halides is 1. The summed E-state index contributed by atoms with van der Waals surface area (Å²) in [6.45, 7) is 5.33. The van der Waals surface area contributed by atoms with E-state index in [1.54, 1.807) is 6.92 Å². The van der Waals surface area contributed by atoms with Gasteiger partial charge < -0.3 is 14.6 Å². The molecule has 1 N–H and O–H groups in total. The first-order chi connectivity index (χ1) is 6.57. The summed E-state index contributed by atoms with van der Waals surface area (Å²) in [7, 11) is 0. The van der Waals surface area contributed by atoms with E-state index in [0.717, 1.165) is 0 Å². The van der Waals surface area contributed by atoms with Gasteiger partial charge in [0.1, 0.15) is 12.7 Å². The molecule has 0 saturated carbocycles. The fourth-order valence-corrected chi connectivity index (χ4v) is 0.726. The van der Waals surface area contributed by atoms with E-state index in [-0.39, 0.29) is 13.2 Å². The summed E-state index contributed by atoms with van der Waals surface area (Å²) in [6, 6.07) is 0. The van der Waals surface area contributed by atoms with Crippen LogP contribution in [0, 0.1) is 0 Å². The Balaban J connectivity index is 3.48. The smallest absolute Gasteiger partial charge is 0.333 e. The van der Waals surface area contributed by atoms with Crippen LogP contribution in [0.5, 0.6) is 0 Å². The zero-order valence-electron chi connectivity index (χ0n) is 8.16. The molecule has 0 spiro atoms. The Hall–Kier alpha value is -0.580. The molecule has 0 amide bonds. The maximum Gasteiger partial charge on any atom is 0.333 e. The molecule has 0 rings (SSSR count). The second-order valence-corrected chi connectivity index (χ2v) is 3.17. The van der Waals surface area contributed by atoms with Gasteiger partial charge in [-0.1, -0.05) is 6.58 Å². The number of aliphatic hydroxyl groups is 1. The van der Waals surface area contributed by atoms with Gasteiger partial charge in [-0.3, -0.25) is 0 Å². The van der Waals surface area contributed by atoms with Gasteiger partial charge in [0.15, 0.2) is 0 Å². The highest BCUT2D eigenvalue weighted by atomic mass is 35.5. The number of halogens is 1. The van der Waals surface area contributed by atoms with Crippen molar-refractivity contribution in [3.63, 3.8) is 0 Å². The van der Waals surface area contributed by atoms with E-state index in [9.17, 15) is 9.90 Å². The maximum absolute atomic E-state index is 10.9. The van der Waals surface area contributed by atoms with Crippen LogP contribution in [0.4, 0.5) is 0 Å². The van der Waals surface area contributed by atoms with E-state index in [0.29, 0.717) is 18.1 Å².